The number of amides is 1. The molecule has 0 spiro atoms. The summed E-state index contributed by atoms with van der Waals surface area (Å²) in [5.41, 5.74) is 0.941. The van der Waals surface area contributed by atoms with Crippen molar-refractivity contribution in [1.82, 2.24) is 14.9 Å². The number of benzene rings is 1. The minimum absolute atomic E-state index is 0.220. The minimum Gasteiger partial charge on any atom is -0.339 e. The van der Waals surface area contributed by atoms with Crippen LogP contribution >= 0.6 is 11.8 Å². The van der Waals surface area contributed by atoms with Crippen LogP contribution in [0.5, 0.6) is 0 Å². The van der Waals surface area contributed by atoms with Crippen molar-refractivity contribution in [3.05, 3.63) is 30.1 Å². The third kappa shape index (κ3) is 3.24. The van der Waals surface area contributed by atoms with Gasteiger partial charge >= 0.3 is 0 Å². The molecule has 0 bridgehead atoms. The molecule has 1 saturated heterocycles. The molecular formula is C17H21N3OS. The van der Waals surface area contributed by atoms with Gasteiger partial charge in [-0.15, -0.1) is 0 Å². The summed E-state index contributed by atoms with van der Waals surface area (Å²) in [5, 5.41) is 1.93. The summed E-state index contributed by atoms with van der Waals surface area (Å²) >= 11 is 1.53. The normalized spacial score (nSPS) is 18.6. The maximum absolute atomic E-state index is 12.5. The number of nitrogens with zero attached hydrogens (tertiary/aromatic N) is 3. The Bertz CT molecular complexity index is 689. The number of aromatic nitrogens is 2. The first kappa shape index (κ1) is 15.3. The van der Waals surface area contributed by atoms with Gasteiger partial charge < -0.3 is 4.90 Å². The van der Waals surface area contributed by atoms with Crippen LogP contribution in [0.15, 0.2) is 29.3 Å². The highest BCUT2D eigenvalue weighted by atomic mass is 32.2. The van der Waals surface area contributed by atoms with Crippen molar-refractivity contribution in [1.29, 1.82) is 0 Å². The maximum Gasteiger partial charge on any atom is 0.233 e. The number of piperidine rings is 1. The van der Waals surface area contributed by atoms with Gasteiger partial charge in [-0.25, -0.2) is 9.97 Å². The molecule has 0 N–H and O–H groups in total. The number of hydrogen-bond donors (Lipinski definition) is 0. The fraction of sp³-hybridized carbons (Fsp3) is 0.471. The van der Waals surface area contributed by atoms with Gasteiger partial charge in [0.05, 0.1) is 11.3 Å². The molecule has 4 nitrogen and oxygen atoms in total. The van der Waals surface area contributed by atoms with E-state index in [9.17, 15) is 4.79 Å². The van der Waals surface area contributed by atoms with Crippen LogP contribution in [0, 0.1) is 6.92 Å². The van der Waals surface area contributed by atoms with Crippen LogP contribution in [-0.2, 0) is 4.79 Å². The van der Waals surface area contributed by atoms with E-state index < -0.39 is 0 Å². The molecule has 0 aliphatic carbocycles. The van der Waals surface area contributed by atoms with Crippen molar-refractivity contribution < 1.29 is 4.79 Å². The number of para-hydroxylation sites is 1. The van der Waals surface area contributed by atoms with Gasteiger partial charge in [0.1, 0.15) is 10.9 Å². The quantitative estimate of drug-likeness (QED) is 0.643. The molecule has 2 heterocycles. The van der Waals surface area contributed by atoms with Gasteiger partial charge in [0.2, 0.25) is 5.91 Å². The Labute approximate surface area is 135 Å². The van der Waals surface area contributed by atoms with E-state index in [0.29, 0.717) is 11.8 Å². The molecule has 1 atom stereocenters. The number of rotatable bonds is 3. The number of carbonyl (C=O) groups excluding carboxylic acids is 1. The topological polar surface area (TPSA) is 46.1 Å². The number of carbonyl (C=O) groups is 1. The van der Waals surface area contributed by atoms with Crippen molar-refractivity contribution in [3.8, 4) is 0 Å². The predicted molar refractivity (Wildman–Crippen MR) is 90.0 cm³/mol. The van der Waals surface area contributed by atoms with Crippen LogP contribution in [0.2, 0.25) is 0 Å². The first-order valence-electron chi connectivity index (χ1n) is 7.81. The van der Waals surface area contributed by atoms with Crippen molar-refractivity contribution >= 4 is 28.6 Å². The fourth-order valence-corrected chi connectivity index (χ4v) is 3.90. The Kier molecular flexibility index (Phi) is 4.62. The summed E-state index contributed by atoms with van der Waals surface area (Å²) in [6, 6.07) is 8.34. The van der Waals surface area contributed by atoms with Crippen molar-refractivity contribution in [3.63, 3.8) is 0 Å². The molecule has 1 aliphatic heterocycles. The Hall–Kier alpha value is -1.62. The molecule has 116 valence electrons. The molecule has 0 radical (unpaired) electrons. The first-order chi connectivity index (χ1) is 10.6. The zero-order valence-electron chi connectivity index (χ0n) is 13.1. The van der Waals surface area contributed by atoms with E-state index in [4.69, 9.17) is 0 Å². The minimum atomic E-state index is 0.220. The highest BCUT2D eigenvalue weighted by Gasteiger charge is 2.23. The second-order valence-electron chi connectivity index (χ2n) is 5.81. The number of thioether (sulfide) groups is 1. The van der Waals surface area contributed by atoms with Crippen LogP contribution in [-0.4, -0.2) is 39.1 Å². The lowest BCUT2D eigenvalue weighted by Gasteiger charge is -2.33. The molecule has 2 aromatic rings. The summed E-state index contributed by atoms with van der Waals surface area (Å²) < 4.78 is 0. The molecule has 1 aromatic carbocycles. The highest BCUT2D eigenvalue weighted by Crippen LogP contribution is 2.26. The first-order valence-corrected chi connectivity index (χ1v) is 8.79. The van der Waals surface area contributed by atoms with E-state index in [-0.39, 0.29) is 5.91 Å². The van der Waals surface area contributed by atoms with Crippen LogP contribution in [0.1, 0.15) is 32.0 Å². The molecular weight excluding hydrogens is 294 g/mol. The third-order valence-corrected chi connectivity index (χ3v) is 5.11. The van der Waals surface area contributed by atoms with Gasteiger partial charge in [-0.05, 0) is 39.2 Å². The zero-order valence-corrected chi connectivity index (χ0v) is 13.9. The van der Waals surface area contributed by atoms with Gasteiger partial charge in [0.25, 0.3) is 0 Å². The molecule has 0 saturated carbocycles. The van der Waals surface area contributed by atoms with E-state index in [1.165, 1.54) is 18.2 Å². The van der Waals surface area contributed by atoms with Gasteiger partial charge in [-0.2, -0.15) is 0 Å². The van der Waals surface area contributed by atoms with E-state index in [1.807, 2.05) is 36.1 Å². The standard InChI is InChI=1S/C17H21N3OS/c1-12-7-5-6-10-20(12)16(21)11-22-17-14-8-3-4-9-15(14)18-13(2)19-17/h3-4,8-9,12H,5-7,10-11H2,1-2H3/t12-/m0/s1. The lowest BCUT2D eigenvalue weighted by atomic mass is 10.0. The molecule has 5 heteroatoms. The average Bonchev–Trinajstić information content (AvgIpc) is 2.52. The molecule has 1 aliphatic rings. The maximum atomic E-state index is 12.5. The summed E-state index contributed by atoms with van der Waals surface area (Å²) in [6.07, 6.45) is 3.47. The second-order valence-corrected chi connectivity index (χ2v) is 6.78. The van der Waals surface area contributed by atoms with Crippen molar-refractivity contribution in [2.45, 2.75) is 44.2 Å². The van der Waals surface area contributed by atoms with E-state index in [0.717, 1.165) is 41.1 Å². The summed E-state index contributed by atoms with van der Waals surface area (Å²) in [4.78, 5) is 23.4. The smallest absolute Gasteiger partial charge is 0.233 e. The van der Waals surface area contributed by atoms with Crippen LogP contribution in [0.25, 0.3) is 10.9 Å². The monoisotopic (exact) mass is 315 g/mol. The highest BCUT2D eigenvalue weighted by molar-refractivity contribution is 8.00. The molecule has 3 rings (SSSR count). The molecule has 22 heavy (non-hydrogen) atoms. The van der Waals surface area contributed by atoms with Crippen LogP contribution in [0.3, 0.4) is 0 Å². The van der Waals surface area contributed by atoms with Gasteiger partial charge in [-0.3, -0.25) is 4.79 Å². The number of hydrogen-bond acceptors (Lipinski definition) is 4. The van der Waals surface area contributed by atoms with Gasteiger partial charge in [0.15, 0.2) is 0 Å². The molecule has 1 aromatic heterocycles. The lowest BCUT2D eigenvalue weighted by Crippen LogP contribution is -2.42. The molecule has 1 fully saturated rings. The largest absolute Gasteiger partial charge is 0.339 e. The summed E-state index contributed by atoms with van der Waals surface area (Å²) in [6.45, 7) is 4.93. The third-order valence-electron chi connectivity index (χ3n) is 4.14. The average molecular weight is 315 g/mol. The summed E-state index contributed by atoms with van der Waals surface area (Å²) in [7, 11) is 0. The number of aryl methyl sites for hydroxylation is 1. The molecule has 0 unspecified atom stereocenters. The Morgan fingerprint density at radius 2 is 2.14 bits per heavy atom. The zero-order chi connectivity index (χ0) is 15.5. The SMILES string of the molecule is Cc1nc(SCC(=O)N2CCCC[C@@H]2C)c2ccccc2n1. The lowest BCUT2D eigenvalue weighted by molar-refractivity contribution is -0.131. The Balaban J connectivity index is 1.75. The fourth-order valence-electron chi connectivity index (χ4n) is 2.95. The van der Waals surface area contributed by atoms with E-state index in [1.54, 1.807) is 0 Å². The van der Waals surface area contributed by atoms with Crippen LogP contribution in [0.4, 0.5) is 0 Å². The van der Waals surface area contributed by atoms with E-state index >= 15 is 0 Å². The van der Waals surface area contributed by atoms with Gasteiger partial charge in [0, 0.05) is 18.0 Å². The predicted octanol–water partition coefficient (Wildman–Crippen LogP) is 3.43. The Morgan fingerprint density at radius 3 is 2.95 bits per heavy atom. The van der Waals surface area contributed by atoms with Gasteiger partial charge in [-0.1, -0.05) is 30.0 Å². The summed E-state index contributed by atoms with van der Waals surface area (Å²) in [5.74, 6) is 1.42. The number of likely N-dealkylation sites (tertiary alicyclic amines) is 1. The van der Waals surface area contributed by atoms with Crippen molar-refractivity contribution in [2.24, 2.45) is 0 Å². The Morgan fingerprint density at radius 1 is 1.32 bits per heavy atom. The molecule has 1 amide bonds. The number of fused-ring (bicyclic) bond motifs is 1. The second kappa shape index (κ2) is 6.65. The van der Waals surface area contributed by atoms with E-state index in [2.05, 4.69) is 16.9 Å². The van der Waals surface area contributed by atoms with Crippen LogP contribution < -0.4 is 0 Å². The van der Waals surface area contributed by atoms with Crippen molar-refractivity contribution in [2.75, 3.05) is 12.3 Å².